The fourth-order valence-electron chi connectivity index (χ4n) is 4.11. The van der Waals surface area contributed by atoms with E-state index < -0.39 is 41.9 Å². The van der Waals surface area contributed by atoms with E-state index in [2.05, 4.69) is 5.32 Å². The second-order valence-corrected chi connectivity index (χ2v) is 9.46. The maximum absolute atomic E-state index is 13.5. The van der Waals surface area contributed by atoms with Gasteiger partial charge in [0.25, 0.3) is 5.91 Å². The SMILES string of the molecule is CC(C)(C)OC(=O)NC1C(=O)N2C(C(=O)OC(c3ccccc3)c3ccccc3)=C(CC=O)COC12. The molecule has 188 valence electrons. The Morgan fingerprint density at radius 2 is 1.67 bits per heavy atom. The van der Waals surface area contributed by atoms with Gasteiger partial charge in [0.05, 0.1) is 6.61 Å². The van der Waals surface area contributed by atoms with Crippen LogP contribution in [0.25, 0.3) is 0 Å². The van der Waals surface area contributed by atoms with E-state index in [0.717, 1.165) is 16.0 Å². The molecule has 2 aliphatic rings. The number of hydrogen-bond donors (Lipinski definition) is 1. The number of aldehydes is 1. The van der Waals surface area contributed by atoms with E-state index in [1.165, 1.54) is 0 Å². The molecule has 2 heterocycles. The molecule has 2 unspecified atom stereocenters. The number of nitrogens with one attached hydrogen (secondary N) is 1. The smallest absolute Gasteiger partial charge is 0.408 e. The Kier molecular flexibility index (Phi) is 7.21. The quantitative estimate of drug-likeness (QED) is 0.359. The molecule has 0 aliphatic carbocycles. The number of fused-ring (bicyclic) bond motifs is 1. The monoisotopic (exact) mass is 492 g/mol. The Morgan fingerprint density at radius 1 is 1.08 bits per heavy atom. The Balaban J connectivity index is 1.59. The standard InChI is InChI=1S/C27H28N2O7/c1-27(2,3)36-26(33)28-20-23(31)29-21(19(14-15-30)16-34-24(20)29)25(32)35-22(17-10-6-4-7-11-17)18-12-8-5-9-13-18/h4-13,15,20,22,24H,14,16H2,1-3H3,(H,28,33). The van der Waals surface area contributed by atoms with Gasteiger partial charge in [0.1, 0.15) is 17.6 Å². The zero-order valence-corrected chi connectivity index (χ0v) is 20.3. The lowest BCUT2D eigenvalue weighted by atomic mass is 9.97. The maximum atomic E-state index is 13.5. The average molecular weight is 493 g/mol. The number of carbonyl (C=O) groups excluding carboxylic acids is 4. The van der Waals surface area contributed by atoms with Gasteiger partial charge in [-0.25, -0.2) is 9.59 Å². The molecule has 2 aromatic rings. The Bertz CT molecular complexity index is 1130. The van der Waals surface area contributed by atoms with Crippen molar-refractivity contribution in [2.45, 2.75) is 51.2 Å². The van der Waals surface area contributed by atoms with Crippen LogP contribution in [0, 0.1) is 0 Å². The summed E-state index contributed by atoms with van der Waals surface area (Å²) < 4.78 is 16.9. The van der Waals surface area contributed by atoms with Gasteiger partial charge in [-0.05, 0) is 37.5 Å². The first-order valence-electron chi connectivity index (χ1n) is 11.6. The number of amides is 2. The van der Waals surface area contributed by atoms with Crippen LogP contribution in [-0.2, 0) is 28.6 Å². The number of rotatable bonds is 7. The molecule has 2 amide bonds. The molecule has 2 atom stereocenters. The molecule has 2 aromatic carbocycles. The van der Waals surface area contributed by atoms with Crippen molar-refractivity contribution in [3.8, 4) is 0 Å². The number of carbonyl (C=O) groups is 4. The Labute approximate surface area is 209 Å². The molecular weight excluding hydrogens is 464 g/mol. The summed E-state index contributed by atoms with van der Waals surface area (Å²) >= 11 is 0. The van der Waals surface area contributed by atoms with E-state index in [-0.39, 0.29) is 18.7 Å². The molecule has 1 saturated heterocycles. The van der Waals surface area contributed by atoms with E-state index in [1.54, 1.807) is 20.8 Å². The molecule has 9 heteroatoms. The number of ether oxygens (including phenoxy) is 3. The minimum absolute atomic E-state index is 0.0394. The molecule has 1 fully saturated rings. The lowest BCUT2D eigenvalue weighted by molar-refractivity contribution is -0.185. The number of alkyl carbamates (subject to hydrolysis) is 1. The highest BCUT2D eigenvalue weighted by Gasteiger charge is 2.55. The number of hydrogen-bond acceptors (Lipinski definition) is 7. The summed E-state index contributed by atoms with van der Waals surface area (Å²) in [5, 5.41) is 2.50. The third-order valence-corrected chi connectivity index (χ3v) is 5.67. The summed E-state index contributed by atoms with van der Waals surface area (Å²) in [7, 11) is 0. The van der Waals surface area contributed by atoms with Crippen LogP contribution in [0.4, 0.5) is 4.79 Å². The van der Waals surface area contributed by atoms with Gasteiger partial charge in [-0.15, -0.1) is 0 Å². The lowest BCUT2D eigenvalue weighted by Crippen LogP contribution is -2.73. The number of esters is 1. The average Bonchev–Trinajstić information content (AvgIpc) is 2.85. The van der Waals surface area contributed by atoms with E-state index in [1.807, 2.05) is 60.7 Å². The van der Waals surface area contributed by atoms with Crippen molar-refractivity contribution < 1.29 is 33.4 Å². The van der Waals surface area contributed by atoms with Crippen LogP contribution < -0.4 is 5.32 Å². The highest BCUT2D eigenvalue weighted by atomic mass is 16.6. The van der Waals surface area contributed by atoms with Crippen LogP contribution in [0.1, 0.15) is 44.4 Å². The van der Waals surface area contributed by atoms with E-state index in [0.29, 0.717) is 11.9 Å². The van der Waals surface area contributed by atoms with Crippen molar-refractivity contribution in [3.05, 3.63) is 83.1 Å². The predicted octanol–water partition coefficient (Wildman–Crippen LogP) is 3.25. The number of benzene rings is 2. The molecule has 0 aromatic heterocycles. The highest BCUT2D eigenvalue weighted by molar-refractivity contribution is 6.01. The van der Waals surface area contributed by atoms with Crippen LogP contribution in [0.3, 0.4) is 0 Å². The first-order chi connectivity index (χ1) is 17.2. The first-order valence-corrected chi connectivity index (χ1v) is 11.6. The molecule has 0 radical (unpaired) electrons. The maximum Gasteiger partial charge on any atom is 0.408 e. The molecule has 2 aliphatic heterocycles. The summed E-state index contributed by atoms with van der Waals surface area (Å²) in [5.74, 6) is -1.32. The third-order valence-electron chi connectivity index (χ3n) is 5.67. The van der Waals surface area contributed by atoms with Gasteiger partial charge in [0.2, 0.25) is 0 Å². The minimum atomic E-state index is -1.03. The largest absolute Gasteiger partial charge is 0.448 e. The molecule has 4 rings (SSSR count). The molecule has 0 bridgehead atoms. The van der Waals surface area contributed by atoms with Crippen LogP contribution in [0.2, 0.25) is 0 Å². The van der Waals surface area contributed by atoms with Crippen LogP contribution in [-0.4, -0.2) is 53.6 Å². The van der Waals surface area contributed by atoms with Gasteiger partial charge in [0.15, 0.2) is 18.4 Å². The normalized spacial score (nSPS) is 19.3. The Morgan fingerprint density at radius 3 is 2.19 bits per heavy atom. The topological polar surface area (TPSA) is 111 Å². The molecule has 1 N–H and O–H groups in total. The summed E-state index contributed by atoms with van der Waals surface area (Å²) in [6.45, 7) is 5.05. The van der Waals surface area contributed by atoms with Crippen LogP contribution in [0.5, 0.6) is 0 Å². The third kappa shape index (κ3) is 5.31. The fraction of sp³-hybridized carbons (Fsp3) is 0.333. The molecular formula is C27H28N2O7. The summed E-state index contributed by atoms with van der Waals surface area (Å²) in [5.41, 5.74) is 1.03. The molecule has 0 saturated carbocycles. The van der Waals surface area contributed by atoms with E-state index >= 15 is 0 Å². The molecule has 9 nitrogen and oxygen atoms in total. The number of β-lactam (4-membered cyclic amide) rings is 1. The van der Waals surface area contributed by atoms with Crippen LogP contribution >= 0.6 is 0 Å². The van der Waals surface area contributed by atoms with Gasteiger partial charge in [-0.2, -0.15) is 0 Å². The lowest BCUT2D eigenvalue weighted by Gasteiger charge is -2.49. The first kappa shape index (κ1) is 25.1. The second kappa shape index (κ2) is 10.3. The summed E-state index contributed by atoms with van der Waals surface area (Å²) in [6.07, 6.45) is -1.90. The fourth-order valence-corrected chi connectivity index (χ4v) is 4.11. The van der Waals surface area contributed by atoms with Gasteiger partial charge >= 0.3 is 12.1 Å². The number of nitrogens with zero attached hydrogens (tertiary/aromatic N) is 1. The zero-order valence-electron chi connectivity index (χ0n) is 20.3. The van der Waals surface area contributed by atoms with Gasteiger partial charge < -0.3 is 24.3 Å². The second-order valence-electron chi connectivity index (χ2n) is 9.46. The van der Waals surface area contributed by atoms with Gasteiger partial charge in [-0.1, -0.05) is 60.7 Å². The van der Waals surface area contributed by atoms with E-state index in [9.17, 15) is 19.2 Å². The van der Waals surface area contributed by atoms with Crippen molar-refractivity contribution in [3.63, 3.8) is 0 Å². The van der Waals surface area contributed by atoms with Gasteiger partial charge in [-0.3, -0.25) is 9.69 Å². The summed E-state index contributed by atoms with van der Waals surface area (Å²) in [4.78, 5) is 51.2. The van der Waals surface area contributed by atoms with Crippen molar-refractivity contribution in [1.29, 1.82) is 0 Å². The van der Waals surface area contributed by atoms with Crippen LogP contribution in [0.15, 0.2) is 71.9 Å². The minimum Gasteiger partial charge on any atom is -0.448 e. The van der Waals surface area contributed by atoms with Crippen molar-refractivity contribution in [1.82, 2.24) is 10.2 Å². The van der Waals surface area contributed by atoms with Crippen molar-refractivity contribution in [2.75, 3.05) is 6.61 Å². The molecule has 0 spiro atoms. The summed E-state index contributed by atoms with van der Waals surface area (Å²) in [6, 6.07) is 17.4. The van der Waals surface area contributed by atoms with E-state index in [4.69, 9.17) is 14.2 Å². The zero-order chi connectivity index (χ0) is 25.9. The highest BCUT2D eigenvalue weighted by Crippen LogP contribution is 2.36. The Hall–Kier alpha value is -3.98. The molecule has 36 heavy (non-hydrogen) atoms. The van der Waals surface area contributed by atoms with Crippen molar-refractivity contribution in [2.24, 2.45) is 0 Å². The predicted molar refractivity (Wildman–Crippen MR) is 128 cm³/mol. The van der Waals surface area contributed by atoms with Gasteiger partial charge in [0, 0.05) is 6.42 Å². The van der Waals surface area contributed by atoms with Crippen molar-refractivity contribution >= 4 is 24.3 Å².